The number of hydrogen-bond donors (Lipinski definition) is 5. The topological polar surface area (TPSA) is 145 Å². The fraction of sp³-hybridized carbons (Fsp3) is 0.556. The van der Waals surface area contributed by atoms with Crippen LogP contribution in [-0.4, -0.2) is 54.9 Å². The second kappa shape index (κ2) is 4.30. The van der Waals surface area contributed by atoms with Crippen LogP contribution < -0.4 is 11.2 Å². The van der Waals surface area contributed by atoms with Gasteiger partial charge in [-0.25, -0.2) is 9.36 Å². The Labute approximate surface area is 99.5 Å². The molecule has 1 saturated heterocycles. The maximum atomic E-state index is 11.5. The summed E-state index contributed by atoms with van der Waals surface area (Å²) in [4.78, 5) is 24.2. The number of aromatic amines is 1. The molecule has 1 fully saturated rings. The maximum Gasteiger partial charge on any atom is 0.332 e. The summed E-state index contributed by atoms with van der Waals surface area (Å²) in [5.41, 5.74) is -1.71. The Morgan fingerprint density at radius 2 is 2.11 bits per heavy atom. The molecule has 4 atom stereocenters. The summed E-state index contributed by atoms with van der Waals surface area (Å²) in [7, 11) is 0. The molecule has 0 radical (unpaired) electrons. The lowest BCUT2D eigenvalue weighted by molar-refractivity contribution is -0.291. The van der Waals surface area contributed by atoms with E-state index in [1.54, 1.807) is 0 Å². The lowest BCUT2D eigenvalue weighted by Crippen LogP contribution is -2.51. The predicted molar refractivity (Wildman–Crippen MR) is 55.5 cm³/mol. The Morgan fingerprint density at radius 1 is 1.44 bits per heavy atom. The number of aliphatic hydroxyl groups excluding tert-OH is 3. The Kier molecular flexibility index (Phi) is 3.09. The van der Waals surface area contributed by atoms with E-state index in [0.717, 1.165) is 12.3 Å². The predicted octanol–water partition coefficient (Wildman–Crippen LogP) is -3.75. The summed E-state index contributed by atoms with van der Waals surface area (Å²) in [5.74, 6) is -2.55. The molecule has 9 heteroatoms. The number of nitrogens with one attached hydrogen (secondary N) is 1. The summed E-state index contributed by atoms with van der Waals surface area (Å²) in [6, 6.07) is 0.939. The van der Waals surface area contributed by atoms with Crippen molar-refractivity contribution in [1.82, 2.24) is 9.55 Å². The van der Waals surface area contributed by atoms with Gasteiger partial charge < -0.3 is 25.2 Å². The molecule has 1 aliphatic rings. The van der Waals surface area contributed by atoms with Gasteiger partial charge in [0.15, 0.2) is 6.10 Å². The lowest BCUT2D eigenvalue weighted by Gasteiger charge is -2.27. The largest absolute Gasteiger partial charge is 0.394 e. The molecule has 0 spiro atoms. The number of nitrogens with zero attached hydrogens (tertiary/aromatic N) is 1. The molecular weight excluding hydrogens is 248 g/mol. The third-order valence-corrected chi connectivity index (χ3v) is 2.76. The third kappa shape index (κ3) is 1.78. The molecule has 1 aliphatic heterocycles. The second-order valence-corrected chi connectivity index (χ2v) is 3.91. The summed E-state index contributed by atoms with van der Waals surface area (Å²) in [6.07, 6.45) is -3.75. The Bertz CT molecular complexity index is 552. The van der Waals surface area contributed by atoms with Crippen molar-refractivity contribution >= 4 is 0 Å². The number of aromatic nitrogens is 2. The number of rotatable bonds is 2. The minimum atomic E-state index is -2.55. The monoisotopic (exact) mass is 260 g/mol. The molecular formula is C9H12N2O7. The zero-order chi connectivity index (χ0) is 13.5. The van der Waals surface area contributed by atoms with Crippen LogP contribution in [0.2, 0.25) is 0 Å². The molecule has 9 nitrogen and oxygen atoms in total. The minimum Gasteiger partial charge on any atom is -0.394 e. The first-order valence-electron chi connectivity index (χ1n) is 5.10. The molecule has 0 aromatic carbocycles. The van der Waals surface area contributed by atoms with Crippen molar-refractivity contribution in [3.05, 3.63) is 33.1 Å². The van der Waals surface area contributed by atoms with Crippen LogP contribution >= 0.6 is 0 Å². The van der Waals surface area contributed by atoms with E-state index in [-0.39, 0.29) is 0 Å². The Balaban J connectivity index is 2.49. The molecule has 1 aromatic heterocycles. The molecule has 1 aromatic rings. The van der Waals surface area contributed by atoms with E-state index in [0.29, 0.717) is 4.57 Å². The van der Waals surface area contributed by atoms with Crippen LogP contribution in [0.4, 0.5) is 0 Å². The van der Waals surface area contributed by atoms with Crippen LogP contribution in [0.3, 0.4) is 0 Å². The van der Waals surface area contributed by atoms with Crippen molar-refractivity contribution in [3.8, 4) is 0 Å². The number of ether oxygens (including phenoxy) is 1. The van der Waals surface area contributed by atoms with Crippen molar-refractivity contribution in [2.24, 2.45) is 0 Å². The standard InChI is InChI=1S/C9H12N2O7/c12-3-4-6(14)7(15)9(17,18-4)11-2-1-5(13)10-8(11)16/h1-2,4,6-7,12,14-15,17H,3H2,(H,10,13,16)/t4-,6-,7+,9-/m0/s1. The van der Waals surface area contributed by atoms with Gasteiger partial charge in [0.05, 0.1) is 6.61 Å². The smallest absolute Gasteiger partial charge is 0.332 e. The first kappa shape index (κ1) is 12.9. The Morgan fingerprint density at radius 3 is 2.61 bits per heavy atom. The van der Waals surface area contributed by atoms with E-state index < -0.39 is 42.1 Å². The molecule has 18 heavy (non-hydrogen) atoms. The number of H-pyrrole nitrogens is 1. The van der Waals surface area contributed by atoms with Gasteiger partial charge in [0.25, 0.3) is 11.5 Å². The molecule has 2 heterocycles. The van der Waals surface area contributed by atoms with Gasteiger partial charge in [0.1, 0.15) is 12.2 Å². The van der Waals surface area contributed by atoms with Crippen molar-refractivity contribution in [2.75, 3.05) is 6.61 Å². The van der Waals surface area contributed by atoms with Crippen LogP contribution in [0.5, 0.6) is 0 Å². The fourth-order valence-corrected chi connectivity index (χ4v) is 1.80. The molecule has 100 valence electrons. The van der Waals surface area contributed by atoms with Crippen molar-refractivity contribution in [3.63, 3.8) is 0 Å². The Hall–Kier alpha value is -1.52. The molecule has 0 unspecified atom stereocenters. The van der Waals surface area contributed by atoms with Crippen molar-refractivity contribution in [1.29, 1.82) is 0 Å². The van der Waals surface area contributed by atoms with Gasteiger partial charge in [-0.2, -0.15) is 0 Å². The highest BCUT2D eigenvalue weighted by atomic mass is 16.7. The highest BCUT2D eigenvalue weighted by Gasteiger charge is 2.55. The SMILES string of the molecule is O=c1ccn([C@@]2(O)O[C@@H](CO)[C@H](O)[C@H]2O)c(=O)[nH]1. The van der Waals surface area contributed by atoms with Gasteiger partial charge in [-0.3, -0.25) is 9.78 Å². The zero-order valence-corrected chi connectivity index (χ0v) is 9.05. The molecule has 0 aliphatic carbocycles. The molecule has 0 bridgehead atoms. The lowest BCUT2D eigenvalue weighted by atomic mass is 10.1. The van der Waals surface area contributed by atoms with E-state index >= 15 is 0 Å². The van der Waals surface area contributed by atoms with E-state index in [1.807, 2.05) is 4.98 Å². The molecule has 0 saturated carbocycles. The highest BCUT2D eigenvalue weighted by molar-refractivity contribution is 4.96. The first-order valence-corrected chi connectivity index (χ1v) is 5.10. The van der Waals surface area contributed by atoms with Gasteiger partial charge in [-0.15, -0.1) is 0 Å². The van der Waals surface area contributed by atoms with E-state index in [9.17, 15) is 24.9 Å². The van der Waals surface area contributed by atoms with Crippen LogP contribution in [0.25, 0.3) is 0 Å². The molecule has 5 N–H and O–H groups in total. The van der Waals surface area contributed by atoms with Crippen LogP contribution in [0.1, 0.15) is 0 Å². The summed E-state index contributed by atoms with van der Waals surface area (Å²) >= 11 is 0. The fourth-order valence-electron chi connectivity index (χ4n) is 1.80. The summed E-state index contributed by atoms with van der Waals surface area (Å²) in [5, 5.41) is 38.2. The normalized spacial score (nSPS) is 35.9. The van der Waals surface area contributed by atoms with Gasteiger partial charge in [-0.05, 0) is 0 Å². The quantitative estimate of drug-likeness (QED) is 0.367. The van der Waals surface area contributed by atoms with E-state index in [4.69, 9.17) is 9.84 Å². The van der Waals surface area contributed by atoms with Gasteiger partial charge >= 0.3 is 5.69 Å². The van der Waals surface area contributed by atoms with Crippen molar-refractivity contribution in [2.45, 2.75) is 24.2 Å². The summed E-state index contributed by atoms with van der Waals surface area (Å²) < 4.78 is 5.40. The average molecular weight is 260 g/mol. The minimum absolute atomic E-state index is 0.526. The highest BCUT2D eigenvalue weighted by Crippen LogP contribution is 2.31. The zero-order valence-electron chi connectivity index (χ0n) is 9.05. The van der Waals surface area contributed by atoms with Gasteiger partial charge in [0.2, 0.25) is 0 Å². The van der Waals surface area contributed by atoms with Crippen LogP contribution in [-0.2, 0) is 10.6 Å². The van der Waals surface area contributed by atoms with Gasteiger partial charge in [0, 0.05) is 12.3 Å². The average Bonchev–Trinajstić information content (AvgIpc) is 2.54. The summed E-state index contributed by atoms with van der Waals surface area (Å²) in [6.45, 7) is -0.654. The molecule has 0 amide bonds. The second-order valence-electron chi connectivity index (χ2n) is 3.91. The number of aliphatic hydroxyl groups is 4. The van der Waals surface area contributed by atoms with Crippen molar-refractivity contribution < 1.29 is 25.2 Å². The van der Waals surface area contributed by atoms with E-state index in [2.05, 4.69) is 0 Å². The van der Waals surface area contributed by atoms with Gasteiger partial charge in [-0.1, -0.05) is 0 Å². The first-order chi connectivity index (χ1) is 8.40. The third-order valence-electron chi connectivity index (χ3n) is 2.76. The maximum absolute atomic E-state index is 11.5. The van der Waals surface area contributed by atoms with E-state index in [1.165, 1.54) is 0 Å². The van der Waals surface area contributed by atoms with Crippen LogP contribution in [0.15, 0.2) is 21.9 Å². The number of hydrogen-bond acceptors (Lipinski definition) is 7. The molecule has 2 rings (SSSR count). The van der Waals surface area contributed by atoms with Crippen LogP contribution in [0, 0.1) is 0 Å².